The van der Waals surface area contributed by atoms with Crippen molar-refractivity contribution in [3.63, 3.8) is 0 Å². The van der Waals surface area contributed by atoms with E-state index in [1.807, 2.05) is 18.0 Å². The first-order valence-electron chi connectivity index (χ1n) is 7.73. The third kappa shape index (κ3) is 4.07. The number of aryl methyl sites for hydroxylation is 1. The minimum absolute atomic E-state index is 0.0640. The van der Waals surface area contributed by atoms with Crippen molar-refractivity contribution >= 4 is 5.91 Å². The monoisotopic (exact) mass is 274 g/mol. The Morgan fingerprint density at radius 3 is 2.65 bits per heavy atom. The van der Waals surface area contributed by atoms with Crippen LogP contribution in [0.5, 0.6) is 0 Å². The van der Waals surface area contributed by atoms with Gasteiger partial charge in [0.2, 0.25) is 5.91 Å². The van der Waals surface area contributed by atoms with Gasteiger partial charge >= 0.3 is 0 Å². The Bertz CT molecular complexity index is 418. The van der Waals surface area contributed by atoms with Gasteiger partial charge in [0.25, 0.3) is 0 Å². The maximum Gasteiger partial charge on any atom is 0.226 e. The average molecular weight is 274 g/mol. The topological polar surface area (TPSA) is 46.3 Å². The third-order valence-electron chi connectivity index (χ3n) is 4.31. The zero-order valence-corrected chi connectivity index (χ0v) is 12.4. The lowest BCUT2D eigenvalue weighted by molar-refractivity contribution is -0.134. The van der Waals surface area contributed by atoms with Gasteiger partial charge in [0.05, 0.1) is 5.92 Å². The van der Waals surface area contributed by atoms with Gasteiger partial charge in [0.15, 0.2) is 0 Å². The number of carbonyl (C=O) groups is 1. The molecule has 1 aliphatic rings. The van der Waals surface area contributed by atoms with Crippen molar-refractivity contribution in [3.05, 3.63) is 35.9 Å². The number of nitrogens with zero attached hydrogens (tertiary/aromatic N) is 1. The highest BCUT2D eigenvalue weighted by Crippen LogP contribution is 2.25. The van der Waals surface area contributed by atoms with Crippen molar-refractivity contribution in [2.24, 2.45) is 11.7 Å². The summed E-state index contributed by atoms with van der Waals surface area (Å²) in [5, 5.41) is 0. The summed E-state index contributed by atoms with van der Waals surface area (Å²) in [4.78, 5) is 14.1. The fourth-order valence-electron chi connectivity index (χ4n) is 3.01. The van der Waals surface area contributed by atoms with E-state index >= 15 is 0 Å². The summed E-state index contributed by atoms with van der Waals surface area (Å²) in [7, 11) is 1.91. The quantitative estimate of drug-likeness (QED) is 0.811. The number of rotatable bonds is 6. The first kappa shape index (κ1) is 15.0. The summed E-state index contributed by atoms with van der Waals surface area (Å²) in [6, 6.07) is 10.6. The Morgan fingerprint density at radius 1 is 1.25 bits per heavy atom. The normalized spacial score (nSPS) is 21.9. The van der Waals surface area contributed by atoms with Crippen LogP contribution in [0.1, 0.15) is 37.7 Å². The van der Waals surface area contributed by atoms with Crippen molar-refractivity contribution in [3.8, 4) is 0 Å². The molecule has 2 N–H and O–H groups in total. The molecule has 0 saturated heterocycles. The Kier molecular flexibility index (Phi) is 5.60. The highest BCUT2D eigenvalue weighted by Gasteiger charge is 2.31. The van der Waals surface area contributed by atoms with Gasteiger partial charge in [-0.3, -0.25) is 4.79 Å². The number of hydrogen-bond acceptors (Lipinski definition) is 2. The molecule has 1 fully saturated rings. The minimum Gasteiger partial charge on any atom is -0.345 e. The van der Waals surface area contributed by atoms with Crippen molar-refractivity contribution in [1.29, 1.82) is 0 Å². The SMILES string of the molecule is CN(CCCCc1ccccc1)C(=O)[C@H]1CCC[C@H]1N. The van der Waals surface area contributed by atoms with E-state index in [2.05, 4.69) is 24.3 Å². The molecular formula is C17H26N2O. The van der Waals surface area contributed by atoms with Crippen molar-refractivity contribution in [2.45, 2.75) is 44.6 Å². The predicted octanol–water partition coefficient (Wildman–Crippen LogP) is 2.60. The molecule has 1 amide bonds. The Balaban J connectivity index is 1.67. The molecule has 0 radical (unpaired) electrons. The smallest absolute Gasteiger partial charge is 0.226 e. The summed E-state index contributed by atoms with van der Waals surface area (Å²) in [5.74, 6) is 0.309. The molecule has 1 aromatic carbocycles. The van der Waals surface area contributed by atoms with Crippen LogP contribution in [-0.4, -0.2) is 30.4 Å². The van der Waals surface area contributed by atoms with Gasteiger partial charge in [0.1, 0.15) is 0 Å². The lowest BCUT2D eigenvalue weighted by Crippen LogP contribution is -2.40. The third-order valence-corrected chi connectivity index (χ3v) is 4.31. The molecule has 0 spiro atoms. The van der Waals surface area contributed by atoms with Gasteiger partial charge in [-0.2, -0.15) is 0 Å². The van der Waals surface area contributed by atoms with Gasteiger partial charge in [0, 0.05) is 19.6 Å². The number of unbranched alkanes of at least 4 members (excludes halogenated alkanes) is 1. The lowest BCUT2D eigenvalue weighted by Gasteiger charge is -2.23. The molecule has 1 aliphatic carbocycles. The molecule has 3 heteroatoms. The van der Waals surface area contributed by atoms with E-state index in [1.165, 1.54) is 5.56 Å². The van der Waals surface area contributed by atoms with Crippen LogP contribution in [0.3, 0.4) is 0 Å². The molecule has 0 aromatic heterocycles. The Hall–Kier alpha value is -1.35. The Morgan fingerprint density at radius 2 is 2.00 bits per heavy atom. The largest absolute Gasteiger partial charge is 0.345 e. The van der Waals surface area contributed by atoms with Crippen LogP contribution in [-0.2, 0) is 11.2 Å². The number of benzene rings is 1. The summed E-state index contributed by atoms with van der Waals surface area (Å²) in [5.41, 5.74) is 7.38. The lowest BCUT2D eigenvalue weighted by atomic mass is 10.0. The van der Waals surface area contributed by atoms with Crippen LogP contribution in [0.4, 0.5) is 0 Å². The first-order chi connectivity index (χ1) is 9.68. The van der Waals surface area contributed by atoms with Crippen molar-refractivity contribution < 1.29 is 4.79 Å². The molecule has 0 aliphatic heterocycles. The molecule has 0 unspecified atom stereocenters. The fourth-order valence-corrected chi connectivity index (χ4v) is 3.01. The van der Waals surface area contributed by atoms with E-state index < -0.39 is 0 Å². The van der Waals surface area contributed by atoms with E-state index in [0.717, 1.165) is 45.1 Å². The molecule has 110 valence electrons. The molecular weight excluding hydrogens is 248 g/mol. The molecule has 1 saturated carbocycles. The van der Waals surface area contributed by atoms with Crippen LogP contribution in [0.25, 0.3) is 0 Å². The van der Waals surface area contributed by atoms with Crippen LogP contribution >= 0.6 is 0 Å². The molecule has 1 aromatic rings. The second kappa shape index (κ2) is 7.44. The molecule has 2 rings (SSSR count). The van der Waals surface area contributed by atoms with Gasteiger partial charge in [-0.05, 0) is 37.7 Å². The van der Waals surface area contributed by atoms with Gasteiger partial charge in [-0.1, -0.05) is 36.8 Å². The van der Waals surface area contributed by atoms with Gasteiger partial charge in [-0.15, -0.1) is 0 Å². The summed E-state index contributed by atoms with van der Waals surface area (Å²) >= 11 is 0. The summed E-state index contributed by atoms with van der Waals surface area (Å²) in [6.45, 7) is 0.842. The molecule has 3 nitrogen and oxygen atoms in total. The maximum atomic E-state index is 12.3. The number of nitrogens with two attached hydrogens (primary N) is 1. The second-order valence-corrected chi connectivity index (χ2v) is 5.90. The Labute approximate surface area is 122 Å². The number of amides is 1. The standard InChI is InChI=1S/C17H26N2O/c1-19(17(20)15-11-7-12-16(15)18)13-6-5-10-14-8-3-2-4-9-14/h2-4,8-9,15-16H,5-7,10-13,18H2,1H3/t15-,16+/m0/s1. The zero-order chi connectivity index (χ0) is 14.4. The van der Waals surface area contributed by atoms with Crippen LogP contribution < -0.4 is 5.73 Å². The van der Waals surface area contributed by atoms with Gasteiger partial charge < -0.3 is 10.6 Å². The minimum atomic E-state index is 0.0640. The van der Waals surface area contributed by atoms with Crippen LogP contribution in [0.15, 0.2) is 30.3 Å². The van der Waals surface area contributed by atoms with Gasteiger partial charge in [-0.25, -0.2) is 0 Å². The molecule has 2 atom stereocenters. The zero-order valence-electron chi connectivity index (χ0n) is 12.4. The average Bonchev–Trinajstić information content (AvgIpc) is 2.90. The molecule has 20 heavy (non-hydrogen) atoms. The van der Waals surface area contributed by atoms with E-state index in [-0.39, 0.29) is 17.9 Å². The van der Waals surface area contributed by atoms with Crippen molar-refractivity contribution in [2.75, 3.05) is 13.6 Å². The summed E-state index contributed by atoms with van der Waals surface area (Å²) in [6.07, 6.45) is 6.33. The molecule has 0 heterocycles. The van der Waals surface area contributed by atoms with Crippen LogP contribution in [0, 0.1) is 5.92 Å². The highest BCUT2D eigenvalue weighted by molar-refractivity contribution is 5.79. The predicted molar refractivity (Wildman–Crippen MR) is 82.3 cm³/mol. The number of carbonyl (C=O) groups excluding carboxylic acids is 1. The number of hydrogen-bond donors (Lipinski definition) is 1. The molecule has 0 bridgehead atoms. The second-order valence-electron chi connectivity index (χ2n) is 5.90. The van der Waals surface area contributed by atoms with E-state index in [4.69, 9.17) is 5.73 Å². The van der Waals surface area contributed by atoms with E-state index in [1.54, 1.807) is 0 Å². The van der Waals surface area contributed by atoms with Crippen molar-refractivity contribution in [1.82, 2.24) is 4.90 Å². The first-order valence-corrected chi connectivity index (χ1v) is 7.73. The highest BCUT2D eigenvalue weighted by atomic mass is 16.2. The van der Waals surface area contributed by atoms with Crippen LogP contribution in [0.2, 0.25) is 0 Å². The fraction of sp³-hybridized carbons (Fsp3) is 0.588. The maximum absolute atomic E-state index is 12.3. The van der Waals surface area contributed by atoms with E-state index in [0.29, 0.717) is 0 Å². The summed E-state index contributed by atoms with van der Waals surface area (Å²) < 4.78 is 0. The van der Waals surface area contributed by atoms with E-state index in [9.17, 15) is 4.79 Å².